The van der Waals surface area contributed by atoms with Gasteiger partial charge in [0.15, 0.2) is 0 Å². The average Bonchev–Trinajstić information content (AvgIpc) is 2.97. The van der Waals surface area contributed by atoms with Gasteiger partial charge in [0, 0.05) is 6.61 Å². The van der Waals surface area contributed by atoms with E-state index in [-0.39, 0.29) is 6.04 Å². The smallest absolute Gasteiger partial charge is 0.118 e. The van der Waals surface area contributed by atoms with E-state index in [2.05, 4.69) is 17.4 Å². The quantitative estimate of drug-likeness (QED) is 0.819. The van der Waals surface area contributed by atoms with E-state index in [1.807, 2.05) is 19.2 Å². The lowest BCUT2D eigenvalue weighted by molar-refractivity contribution is 0.0844. The zero-order chi connectivity index (χ0) is 13.5. The lowest BCUT2D eigenvalue weighted by Gasteiger charge is -2.18. The maximum absolute atomic E-state index is 5.89. The molecule has 0 heterocycles. The van der Waals surface area contributed by atoms with Crippen LogP contribution in [0.1, 0.15) is 37.3 Å². The fraction of sp³-hybridized carbons (Fsp3) is 0.625. The van der Waals surface area contributed by atoms with Gasteiger partial charge in [-0.3, -0.25) is 0 Å². The SMILES string of the molecule is CNC(COCC1CCCC1)c1ccc(OC)cc1. The molecule has 0 spiro atoms. The number of benzene rings is 1. The summed E-state index contributed by atoms with van der Waals surface area (Å²) in [4.78, 5) is 0. The third-order valence-corrected chi connectivity index (χ3v) is 3.98. The van der Waals surface area contributed by atoms with E-state index < -0.39 is 0 Å². The topological polar surface area (TPSA) is 30.5 Å². The molecular formula is C16H25NO2. The Morgan fingerprint density at radius 2 is 1.89 bits per heavy atom. The van der Waals surface area contributed by atoms with Crippen molar-refractivity contribution in [2.45, 2.75) is 31.7 Å². The summed E-state index contributed by atoms with van der Waals surface area (Å²) < 4.78 is 11.1. The molecule has 0 radical (unpaired) electrons. The van der Waals surface area contributed by atoms with Crippen LogP contribution in [0, 0.1) is 5.92 Å². The highest BCUT2D eigenvalue weighted by atomic mass is 16.5. The normalized spacial score (nSPS) is 17.6. The Bertz CT molecular complexity index is 358. The van der Waals surface area contributed by atoms with Gasteiger partial charge >= 0.3 is 0 Å². The minimum Gasteiger partial charge on any atom is -0.497 e. The van der Waals surface area contributed by atoms with Crippen molar-refractivity contribution < 1.29 is 9.47 Å². The van der Waals surface area contributed by atoms with Gasteiger partial charge in [-0.25, -0.2) is 0 Å². The van der Waals surface area contributed by atoms with Crippen LogP contribution in [0.5, 0.6) is 5.75 Å². The van der Waals surface area contributed by atoms with Crippen molar-refractivity contribution in [2.24, 2.45) is 5.92 Å². The van der Waals surface area contributed by atoms with Crippen LogP contribution in [-0.2, 0) is 4.74 Å². The molecule has 1 saturated carbocycles. The van der Waals surface area contributed by atoms with Crippen LogP contribution in [0.25, 0.3) is 0 Å². The first-order valence-corrected chi connectivity index (χ1v) is 7.22. The molecule has 106 valence electrons. The summed E-state index contributed by atoms with van der Waals surface area (Å²) >= 11 is 0. The highest BCUT2D eigenvalue weighted by Gasteiger charge is 2.16. The second-order valence-corrected chi connectivity index (χ2v) is 5.30. The zero-order valence-electron chi connectivity index (χ0n) is 12.0. The van der Waals surface area contributed by atoms with E-state index in [0.29, 0.717) is 0 Å². The maximum atomic E-state index is 5.89. The Kier molecular flexibility index (Phi) is 5.67. The molecule has 1 aromatic carbocycles. The lowest BCUT2D eigenvalue weighted by atomic mass is 10.1. The molecule has 0 bridgehead atoms. The van der Waals surface area contributed by atoms with E-state index in [0.717, 1.165) is 24.9 Å². The number of ether oxygens (including phenoxy) is 2. The molecule has 3 heteroatoms. The summed E-state index contributed by atoms with van der Waals surface area (Å²) in [7, 11) is 3.67. The Labute approximate surface area is 116 Å². The van der Waals surface area contributed by atoms with Crippen LogP contribution in [0.2, 0.25) is 0 Å². The van der Waals surface area contributed by atoms with E-state index in [4.69, 9.17) is 9.47 Å². The van der Waals surface area contributed by atoms with Gasteiger partial charge in [-0.15, -0.1) is 0 Å². The molecule has 0 saturated heterocycles. The van der Waals surface area contributed by atoms with E-state index in [1.54, 1.807) is 7.11 Å². The van der Waals surface area contributed by atoms with Crippen molar-refractivity contribution in [1.29, 1.82) is 0 Å². The number of likely N-dealkylation sites (N-methyl/N-ethyl adjacent to an activating group) is 1. The molecule has 1 aliphatic rings. The maximum Gasteiger partial charge on any atom is 0.118 e. The van der Waals surface area contributed by atoms with Crippen molar-refractivity contribution in [3.05, 3.63) is 29.8 Å². The number of nitrogens with one attached hydrogen (secondary N) is 1. The molecule has 1 atom stereocenters. The summed E-state index contributed by atoms with van der Waals surface area (Å²) in [6, 6.07) is 8.44. The van der Waals surface area contributed by atoms with Crippen LogP contribution in [0.4, 0.5) is 0 Å². The van der Waals surface area contributed by atoms with Crippen molar-refractivity contribution in [2.75, 3.05) is 27.4 Å². The molecule has 1 aromatic rings. The number of hydrogen-bond donors (Lipinski definition) is 1. The first kappa shape index (κ1) is 14.4. The van der Waals surface area contributed by atoms with E-state index in [1.165, 1.54) is 31.2 Å². The molecule has 0 aromatic heterocycles. The molecule has 2 rings (SSSR count). The van der Waals surface area contributed by atoms with Crippen LogP contribution < -0.4 is 10.1 Å². The van der Waals surface area contributed by atoms with Gasteiger partial charge in [-0.05, 0) is 43.5 Å². The molecule has 1 N–H and O–H groups in total. The van der Waals surface area contributed by atoms with Gasteiger partial charge in [-0.1, -0.05) is 25.0 Å². The standard InChI is InChI=1S/C16H25NO2/c1-17-16(12-19-11-13-5-3-4-6-13)14-7-9-15(18-2)10-8-14/h7-10,13,16-17H,3-6,11-12H2,1-2H3. The minimum atomic E-state index is 0.257. The van der Waals surface area contributed by atoms with Crippen LogP contribution in [0.3, 0.4) is 0 Å². The predicted octanol–water partition coefficient (Wildman–Crippen LogP) is 3.16. The zero-order valence-corrected chi connectivity index (χ0v) is 12.0. The Morgan fingerprint density at radius 3 is 2.47 bits per heavy atom. The fourth-order valence-electron chi connectivity index (χ4n) is 2.71. The van der Waals surface area contributed by atoms with Gasteiger partial charge in [0.1, 0.15) is 5.75 Å². The second kappa shape index (κ2) is 7.51. The summed E-state index contributed by atoms with van der Waals surface area (Å²) in [6.45, 7) is 1.65. The molecule has 0 aliphatic heterocycles. The lowest BCUT2D eigenvalue weighted by Crippen LogP contribution is -2.23. The van der Waals surface area contributed by atoms with Crippen molar-refractivity contribution >= 4 is 0 Å². The predicted molar refractivity (Wildman–Crippen MR) is 77.6 cm³/mol. The summed E-state index contributed by atoms with van der Waals surface area (Å²) in [6.07, 6.45) is 5.43. The van der Waals surface area contributed by atoms with Gasteiger partial charge in [0.25, 0.3) is 0 Å². The molecule has 3 nitrogen and oxygen atoms in total. The summed E-state index contributed by atoms with van der Waals surface area (Å²) in [5, 5.41) is 3.32. The average molecular weight is 263 g/mol. The summed E-state index contributed by atoms with van der Waals surface area (Å²) in [5.74, 6) is 1.68. The van der Waals surface area contributed by atoms with Crippen molar-refractivity contribution in [3.63, 3.8) is 0 Å². The second-order valence-electron chi connectivity index (χ2n) is 5.30. The molecule has 19 heavy (non-hydrogen) atoms. The minimum absolute atomic E-state index is 0.257. The number of rotatable bonds is 7. The van der Waals surface area contributed by atoms with Gasteiger partial charge in [-0.2, -0.15) is 0 Å². The third-order valence-electron chi connectivity index (χ3n) is 3.98. The molecular weight excluding hydrogens is 238 g/mol. The first-order valence-electron chi connectivity index (χ1n) is 7.22. The van der Waals surface area contributed by atoms with Crippen LogP contribution >= 0.6 is 0 Å². The fourth-order valence-corrected chi connectivity index (χ4v) is 2.71. The van der Waals surface area contributed by atoms with E-state index in [9.17, 15) is 0 Å². The third kappa shape index (κ3) is 4.22. The molecule has 1 aliphatic carbocycles. The van der Waals surface area contributed by atoms with Gasteiger partial charge in [0.05, 0.1) is 19.8 Å². The number of methoxy groups -OCH3 is 1. The highest BCUT2D eigenvalue weighted by Crippen LogP contribution is 2.25. The van der Waals surface area contributed by atoms with E-state index >= 15 is 0 Å². The van der Waals surface area contributed by atoms with Crippen LogP contribution in [0.15, 0.2) is 24.3 Å². The van der Waals surface area contributed by atoms with Gasteiger partial charge < -0.3 is 14.8 Å². The van der Waals surface area contributed by atoms with Gasteiger partial charge in [0.2, 0.25) is 0 Å². The number of hydrogen-bond acceptors (Lipinski definition) is 3. The Hall–Kier alpha value is -1.06. The molecule has 1 fully saturated rings. The van der Waals surface area contributed by atoms with Crippen molar-refractivity contribution in [1.82, 2.24) is 5.32 Å². The first-order chi connectivity index (χ1) is 9.33. The highest BCUT2D eigenvalue weighted by molar-refractivity contribution is 5.29. The summed E-state index contributed by atoms with van der Waals surface area (Å²) in [5.41, 5.74) is 1.25. The molecule has 0 amide bonds. The Balaban J connectivity index is 1.80. The monoisotopic (exact) mass is 263 g/mol. The molecule has 1 unspecified atom stereocenters. The van der Waals surface area contributed by atoms with Crippen LogP contribution in [-0.4, -0.2) is 27.4 Å². The Morgan fingerprint density at radius 1 is 1.21 bits per heavy atom. The van der Waals surface area contributed by atoms with Crippen molar-refractivity contribution in [3.8, 4) is 5.75 Å². The largest absolute Gasteiger partial charge is 0.497 e.